The second kappa shape index (κ2) is 4.30. The molecule has 0 spiro atoms. The lowest BCUT2D eigenvalue weighted by Gasteiger charge is -2.09. The number of rotatable bonds is 2. The van der Waals surface area contributed by atoms with Crippen molar-refractivity contribution in [3.63, 3.8) is 0 Å². The molecule has 2 rings (SSSR count). The van der Waals surface area contributed by atoms with E-state index >= 15 is 0 Å². The van der Waals surface area contributed by atoms with Gasteiger partial charge < -0.3 is 10.6 Å². The number of halogens is 1. The summed E-state index contributed by atoms with van der Waals surface area (Å²) in [7, 11) is 0. The van der Waals surface area contributed by atoms with E-state index in [-0.39, 0.29) is 11.5 Å². The molecule has 84 valence electrons. The molecule has 1 aliphatic rings. The molecule has 1 aromatic rings. The minimum atomic E-state index is -0.504. The van der Waals surface area contributed by atoms with Crippen LogP contribution in [-0.2, 0) is 4.79 Å². The normalized spacial score (nSPS) is 19.3. The summed E-state index contributed by atoms with van der Waals surface area (Å²) in [5.41, 5.74) is 0.222. The van der Waals surface area contributed by atoms with Gasteiger partial charge in [0.05, 0.1) is 0 Å². The molecule has 5 heteroatoms. The Kier molecular flexibility index (Phi) is 2.85. The fraction of sp³-hybridized carbons (Fsp3) is 0.273. The third-order valence-electron chi connectivity index (χ3n) is 2.44. The molecule has 0 aliphatic carbocycles. The van der Waals surface area contributed by atoms with Crippen LogP contribution >= 0.6 is 0 Å². The summed E-state index contributed by atoms with van der Waals surface area (Å²) in [6.07, 6.45) is 0.569. The smallest absolute Gasteiger partial charge is 0.252 e. The van der Waals surface area contributed by atoms with Crippen LogP contribution in [0.4, 0.5) is 4.39 Å². The van der Waals surface area contributed by atoms with Crippen LogP contribution in [0.5, 0.6) is 0 Å². The molecule has 0 saturated carbocycles. The first-order valence-electron chi connectivity index (χ1n) is 5.01. The van der Waals surface area contributed by atoms with Gasteiger partial charge in [-0.2, -0.15) is 0 Å². The number of hydrogen-bond acceptors (Lipinski definition) is 2. The van der Waals surface area contributed by atoms with E-state index in [0.29, 0.717) is 13.0 Å². The van der Waals surface area contributed by atoms with Crippen molar-refractivity contribution in [3.05, 3.63) is 35.6 Å². The molecule has 1 aromatic carbocycles. The maximum atomic E-state index is 12.9. The van der Waals surface area contributed by atoms with E-state index < -0.39 is 17.8 Å². The van der Waals surface area contributed by atoms with Crippen molar-refractivity contribution in [2.75, 3.05) is 6.54 Å². The van der Waals surface area contributed by atoms with E-state index in [2.05, 4.69) is 10.6 Å². The molecule has 0 aromatic heterocycles. The maximum absolute atomic E-state index is 12.9. The van der Waals surface area contributed by atoms with Crippen molar-refractivity contribution in [3.8, 4) is 0 Å². The number of benzene rings is 1. The van der Waals surface area contributed by atoms with E-state index in [1.165, 1.54) is 18.2 Å². The van der Waals surface area contributed by atoms with E-state index in [1.807, 2.05) is 0 Å². The van der Waals surface area contributed by atoms with Crippen molar-refractivity contribution < 1.29 is 14.0 Å². The predicted molar refractivity (Wildman–Crippen MR) is 55.3 cm³/mol. The quantitative estimate of drug-likeness (QED) is 0.763. The monoisotopic (exact) mass is 222 g/mol. The molecule has 2 N–H and O–H groups in total. The minimum absolute atomic E-state index is 0.190. The molecule has 0 radical (unpaired) electrons. The van der Waals surface area contributed by atoms with Crippen LogP contribution in [0.15, 0.2) is 24.3 Å². The van der Waals surface area contributed by atoms with Crippen LogP contribution in [0.3, 0.4) is 0 Å². The average molecular weight is 222 g/mol. The van der Waals surface area contributed by atoms with E-state index in [0.717, 1.165) is 6.07 Å². The highest BCUT2D eigenvalue weighted by atomic mass is 19.1. The highest BCUT2D eigenvalue weighted by Gasteiger charge is 2.25. The second-order valence-corrected chi connectivity index (χ2v) is 3.62. The zero-order chi connectivity index (χ0) is 11.5. The molecule has 1 heterocycles. The summed E-state index contributed by atoms with van der Waals surface area (Å²) in [6.45, 7) is 0.562. The highest BCUT2D eigenvalue weighted by Crippen LogP contribution is 2.05. The number of carbonyl (C=O) groups excluding carboxylic acids is 2. The summed E-state index contributed by atoms with van der Waals surface area (Å²) in [6, 6.07) is 4.86. The topological polar surface area (TPSA) is 58.2 Å². The van der Waals surface area contributed by atoms with Crippen molar-refractivity contribution >= 4 is 11.8 Å². The Hall–Kier alpha value is -1.91. The predicted octanol–water partition coefficient (Wildman–Crippen LogP) is 0.444. The van der Waals surface area contributed by atoms with Crippen LogP contribution in [-0.4, -0.2) is 24.4 Å². The summed E-state index contributed by atoms with van der Waals surface area (Å²) in [5, 5.41) is 5.16. The summed E-state index contributed by atoms with van der Waals surface area (Å²) < 4.78 is 12.9. The first-order valence-corrected chi connectivity index (χ1v) is 5.01. The van der Waals surface area contributed by atoms with Gasteiger partial charge in [-0.1, -0.05) is 6.07 Å². The fourth-order valence-corrected chi connectivity index (χ4v) is 1.60. The Morgan fingerprint density at radius 3 is 2.94 bits per heavy atom. The number of hydrogen-bond donors (Lipinski definition) is 2. The Morgan fingerprint density at radius 1 is 1.50 bits per heavy atom. The maximum Gasteiger partial charge on any atom is 0.252 e. The summed E-state index contributed by atoms with van der Waals surface area (Å²) >= 11 is 0. The van der Waals surface area contributed by atoms with Gasteiger partial charge in [-0.15, -0.1) is 0 Å². The van der Waals surface area contributed by atoms with Crippen LogP contribution in [0.25, 0.3) is 0 Å². The average Bonchev–Trinajstić information content (AvgIpc) is 2.64. The molecule has 1 aliphatic heterocycles. The first-order chi connectivity index (χ1) is 7.66. The van der Waals surface area contributed by atoms with Gasteiger partial charge in [0, 0.05) is 12.1 Å². The SMILES string of the molecule is O=C(NC1CCNC1=O)c1cccc(F)c1. The molecular formula is C11H11FN2O2. The molecular weight excluding hydrogens is 211 g/mol. The van der Waals surface area contributed by atoms with Gasteiger partial charge >= 0.3 is 0 Å². The lowest BCUT2D eigenvalue weighted by atomic mass is 10.2. The van der Waals surface area contributed by atoms with Crippen molar-refractivity contribution in [2.45, 2.75) is 12.5 Å². The number of nitrogens with one attached hydrogen (secondary N) is 2. The van der Waals surface area contributed by atoms with Gasteiger partial charge in [0.15, 0.2) is 0 Å². The van der Waals surface area contributed by atoms with Gasteiger partial charge in [0.25, 0.3) is 5.91 Å². The molecule has 2 amide bonds. The van der Waals surface area contributed by atoms with Gasteiger partial charge in [-0.05, 0) is 24.6 Å². The Balaban J connectivity index is 2.05. The Morgan fingerprint density at radius 2 is 2.31 bits per heavy atom. The van der Waals surface area contributed by atoms with Gasteiger partial charge in [0.1, 0.15) is 11.9 Å². The molecule has 1 atom stereocenters. The largest absolute Gasteiger partial charge is 0.354 e. The lowest BCUT2D eigenvalue weighted by molar-refractivity contribution is -0.120. The third-order valence-corrected chi connectivity index (χ3v) is 2.44. The lowest BCUT2D eigenvalue weighted by Crippen LogP contribution is -2.40. The van der Waals surface area contributed by atoms with Gasteiger partial charge in [0.2, 0.25) is 5.91 Å². The molecule has 0 bridgehead atoms. The molecule has 1 fully saturated rings. The number of amides is 2. The molecule has 1 unspecified atom stereocenters. The summed E-state index contributed by atoms with van der Waals surface area (Å²) in [4.78, 5) is 22.8. The Labute approximate surface area is 91.8 Å². The standard InChI is InChI=1S/C11H11FN2O2/c12-8-3-1-2-7(6-8)10(15)14-9-4-5-13-11(9)16/h1-3,6,9H,4-5H2,(H,13,16)(H,14,15). The third kappa shape index (κ3) is 2.18. The highest BCUT2D eigenvalue weighted by molar-refractivity contribution is 5.97. The van der Waals surface area contributed by atoms with Gasteiger partial charge in [-0.3, -0.25) is 9.59 Å². The van der Waals surface area contributed by atoms with Crippen LogP contribution in [0.1, 0.15) is 16.8 Å². The molecule has 1 saturated heterocycles. The van der Waals surface area contributed by atoms with Crippen molar-refractivity contribution in [1.29, 1.82) is 0 Å². The van der Waals surface area contributed by atoms with Crippen molar-refractivity contribution in [1.82, 2.24) is 10.6 Å². The van der Waals surface area contributed by atoms with Crippen LogP contribution in [0.2, 0.25) is 0 Å². The minimum Gasteiger partial charge on any atom is -0.354 e. The zero-order valence-electron chi connectivity index (χ0n) is 8.50. The number of carbonyl (C=O) groups is 2. The second-order valence-electron chi connectivity index (χ2n) is 3.62. The zero-order valence-corrected chi connectivity index (χ0v) is 8.50. The van der Waals surface area contributed by atoms with Crippen LogP contribution in [0, 0.1) is 5.82 Å². The fourth-order valence-electron chi connectivity index (χ4n) is 1.60. The van der Waals surface area contributed by atoms with E-state index in [4.69, 9.17) is 0 Å². The summed E-state index contributed by atoms with van der Waals surface area (Å²) in [5.74, 6) is -1.09. The molecule has 16 heavy (non-hydrogen) atoms. The van der Waals surface area contributed by atoms with Crippen LogP contribution < -0.4 is 10.6 Å². The first kappa shape index (κ1) is 10.6. The molecule has 4 nitrogen and oxygen atoms in total. The van der Waals surface area contributed by atoms with E-state index in [1.54, 1.807) is 0 Å². The Bertz CT molecular complexity index is 434. The van der Waals surface area contributed by atoms with E-state index in [9.17, 15) is 14.0 Å². The van der Waals surface area contributed by atoms with Crippen molar-refractivity contribution in [2.24, 2.45) is 0 Å². The van der Waals surface area contributed by atoms with Gasteiger partial charge in [-0.25, -0.2) is 4.39 Å².